The zero-order chi connectivity index (χ0) is 16.4. The number of aryl methyl sites for hydroxylation is 1. The predicted molar refractivity (Wildman–Crippen MR) is 84.4 cm³/mol. The molecule has 6 nitrogen and oxygen atoms in total. The van der Waals surface area contributed by atoms with Crippen LogP contribution in [0.3, 0.4) is 0 Å². The van der Waals surface area contributed by atoms with Crippen molar-refractivity contribution >= 4 is 5.91 Å². The first-order valence-electron chi connectivity index (χ1n) is 7.34. The van der Waals surface area contributed by atoms with Crippen LogP contribution in [0.1, 0.15) is 30.0 Å². The Morgan fingerprint density at radius 1 is 1.22 bits per heavy atom. The number of aromatic nitrogens is 3. The molecule has 0 saturated carbocycles. The molecule has 0 unspecified atom stereocenters. The van der Waals surface area contributed by atoms with E-state index in [1.54, 1.807) is 12.1 Å². The summed E-state index contributed by atoms with van der Waals surface area (Å²) in [5.74, 6) is 0.236. The summed E-state index contributed by atoms with van der Waals surface area (Å²) in [6.45, 7) is 5.71. The lowest BCUT2D eigenvalue weighted by atomic mass is 10.1. The molecular formula is C17H17N3O3. The molecule has 0 bridgehead atoms. The minimum absolute atomic E-state index is 0.0886. The topological polar surface area (TPSA) is 70.2 Å². The molecule has 1 aromatic carbocycles. The summed E-state index contributed by atoms with van der Waals surface area (Å²) < 4.78 is 11.9. The highest BCUT2D eigenvalue weighted by molar-refractivity contribution is 5.95. The first-order valence-corrected chi connectivity index (χ1v) is 7.34. The summed E-state index contributed by atoms with van der Waals surface area (Å²) >= 11 is 0. The fourth-order valence-corrected chi connectivity index (χ4v) is 2.20. The molecule has 3 rings (SSSR count). The minimum atomic E-state index is -0.389. The third kappa shape index (κ3) is 3.01. The van der Waals surface area contributed by atoms with Crippen molar-refractivity contribution in [3.63, 3.8) is 0 Å². The normalized spacial score (nSPS) is 11.0. The monoisotopic (exact) mass is 311 g/mol. The first-order chi connectivity index (χ1) is 11.1. The number of ether oxygens (including phenoxy) is 1. The molecule has 0 fully saturated rings. The van der Waals surface area contributed by atoms with E-state index in [4.69, 9.17) is 9.15 Å². The Morgan fingerprint density at radius 3 is 2.65 bits per heavy atom. The second-order valence-electron chi connectivity index (χ2n) is 5.39. The van der Waals surface area contributed by atoms with Gasteiger partial charge in [-0.1, -0.05) is 24.3 Å². The van der Waals surface area contributed by atoms with Crippen molar-refractivity contribution in [1.82, 2.24) is 14.8 Å². The minimum Gasteiger partial charge on any atom is -0.460 e. The third-order valence-electron chi connectivity index (χ3n) is 3.24. The molecule has 0 atom stereocenters. The number of carbonyl (C=O) groups excluding carboxylic acids is 1. The van der Waals surface area contributed by atoms with Crippen molar-refractivity contribution in [2.45, 2.75) is 26.9 Å². The van der Waals surface area contributed by atoms with Crippen molar-refractivity contribution in [2.24, 2.45) is 0 Å². The highest BCUT2D eigenvalue weighted by Crippen LogP contribution is 2.24. The van der Waals surface area contributed by atoms with Gasteiger partial charge in [0.15, 0.2) is 11.6 Å². The molecular weight excluding hydrogens is 294 g/mol. The lowest BCUT2D eigenvalue weighted by Gasteiger charge is -2.05. The number of hydrogen-bond acceptors (Lipinski definition) is 5. The molecule has 2 heterocycles. The number of carbonyl (C=O) groups is 1. The van der Waals surface area contributed by atoms with E-state index in [0.717, 1.165) is 11.1 Å². The molecule has 2 aromatic heterocycles. The van der Waals surface area contributed by atoms with Crippen LogP contribution in [0.25, 0.3) is 11.4 Å². The SMILES string of the molecule is Cc1ccccc1-c1nc(OC(C)C)nn1C(=O)c1ccco1. The lowest BCUT2D eigenvalue weighted by molar-refractivity contribution is 0.0915. The maximum absolute atomic E-state index is 12.6. The van der Waals surface area contributed by atoms with Crippen LogP contribution in [0.5, 0.6) is 6.01 Å². The molecule has 0 radical (unpaired) electrons. The van der Waals surface area contributed by atoms with Crippen LogP contribution in [0.15, 0.2) is 47.1 Å². The van der Waals surface area contributed by atoms with Gasteiger partial charge < -0.3 is 9.15 Å². The zero-order valence-corrected chi connectivity index (χ0v) is 13.2. The van der Waals surface area contributed by atoms with Crippen molar-refractivity contribution in [3.8, 4) is 17.4 Å². The van der Waals surface area contributed by atoms with Gasteiger partial charge in [0.05, 0.1) is 12.4 Å². The summed E-state index contributed by atoms with van der Waals surface area (Å²) in [4.78, 5) is 17.0. The summed E-state index contributed by atoms with van der Waals surface area (Å²) in [6, 6.07) is 11.1. The van der Waals surface area contributed by atoms with Gasteiger partial charge in [-0.15, -0.1) is 5.10 Å². The number of hydrogen-bond donors (Lipinski definition) is 0. The number of nitrogens with zero attached hydrogens (tertiary/aromatic N) is 3. The van der Waals surface area contributed by atoms with Crippen LogP contribution in [-0.2, 0) is 0 Å². The van der Waals surface area contributed by atoms with E-state index >= 15 is 0 Å². The van der Waals surface area contributed by atoms with Gasteiger partial charge in [-0.05, 0) is 38.5 Å². The average Bonchev–Trinajstić information content (AvgIpc) is 3.16. The molecule has 0 spiro atoms. The standard InChI is InChI=1S/C17H17N3O3/c1-11(2)23-17-18-15(13-8-5-4-7-12(13)3)20(19-17)16(21)14-9-6-10-22-14/h4-11H,1-3H3. The Balaban J connectivity index is 2.11. The van der Waals surface area contributed by atoms with E-state index in [1.807, 2.05) is 45.0 Å². The van der Waals surface area contributed by atoms with Crippen LogP contribution in [0, 0.1) is 6.92 Å². The predicted octanol–water partition coefficient (Wildman–Crippen LogP) is 3.32. The number of rotatable bonds is 4. The van der Waals surface area contributed by atoms with Crippen LogP contribution >= 0.6 is 0 Å². The Labute approximate surface area is 133 Å². The summed E-state index contributed by atoms with van der Waals surface area (Å²) in [5, 5.41) is 4.20. The Morgan fingerprint density at radius 2 is 2.00 bits per heavy atom. The van der Waals surface area contributed by atoms with Gasteiger partial charge in [0.1, 0.15) is 0 Å². The molecule has 23 heavy (non-hydrogen) atoms. The molecule has 6 heteroatoms. The highest BCUT2D eigenvalue weighted by atomic mass is 16.5. The molecule has 0 aliphatic carbocycles. The van der Waals surface area contributed by atoms with E-state index in [1.165, 1.54) is 10.9 Å². The first kappa shape index (κ1) is 15.0. The second kappa shape index (κ2) is 6.08. The van der Waals surface area contributed by atoms with Crippen LogP contribution in [0.4, 0.5) is 0 Å². The van der Waals surface area contributed by atoms with Gasteiger partial charge in [0.2, 0.25) is 0 Å². The lowest BCUT2D eigenvalue weighted by Crippen LogP contribution is -2.15. The molecule has 118 valence electrons. The van der Waals surface area contributed by atoms with Crippen molar-refractivity contribution in [2.75, 3.05) is 0 Å². The highest BCUT2D eigenvalue weighted by Gasteiger charge is 2.22. The van der Waals surface area contributed by atoms with E-state index in [0.29, 0.717) is 5.82 Å². The smallest absolute Gasteiger partial charge is 0.336 e. The summed E-state index contributed by atoms with van der Waals surface area (Å²) in [7, 11) is 0. The van der Waals surface area contributed by atoms with Crippen molar-refractivity contribution < 1.29 is 13.9 Å². The largest absolute Gasteiger partial charge is 0.460 e. The van der Waals surface area contributed by atoms with Crippen molar-refractivity contribution in [1.29, 1.82) is 0 Å². The summed E-state index contributed by atoms with van der Waals surface area (Å²) in [5.41, 5.74) is 1.81. The fraction of sp³-hybridized carbons (Fsp3) is 0.235. The Hall–Kier alpha value is -2.89. The Kier molecular flexibility index (Phi) is 3.97. The van der Waals surface area contributed by atoms with Crippen LogP contribution in [0.2, 0.25) is 0 Å². The van der Waals surface area contributed by atoms with Gasteiger partial charge in [-0.25, -0.2) is 0 Å². The zero-order valence-electron chi connectivity index (χ0n) is 13.2. The molecule has 0 amide bonds. The molecule has 3 aromatic rings. The van der Waals surface area contributed by atoms with Gasteiger partial charge in [-0.3, -0.25) is 4.79 Å². The van der Waals surface area contributed by atoms with Crippen LogP contribution in [-0.4, -0.2) is 26.8 Å². The van der Waals surface area contributed by atoms with Crippen molar-refractivity contribution in [3.05, 3.63) is 54.0 Å². The maximum Gasteiger partial charge on any atom is 0.336 e. The second-order valence-corrected chi connectivity index (χ2v) is 5.39. The maximum atomic E-state index is 12.6. The van der Waals surface area contributed by atoms with Gasteiger partial charge in [-0.2, -0.15) is 9.67 Å². The quantitative estimate of drug-likeness (QED) is 0.739. The number of furan rings is 1. The van der Waals surface area contributed by atoms with Gasteiger partial charge in [0, 0.05) is 5.56 Å². The fourth-order valence-electron chi connectivity index (χ4n) is 2.20. The molecule has 0 N–H and O–H groups in total. The van der Waals surface area contributed by atoms with Gasteiger partial charge >= 0.3 is 11.9 Å². The van der Waals surface area contributed by atoms with E-state index < -0.39 is 0 Å². The van der Waals surface area contributed by atoms with E-state index in [-0.39, 0.29) is 23.8 Å². The van der Waals surface area contributed by atoms with Gasteiger partial charge in [0.25, 0.3) is 0 Å². The third-order valence-corrected chi connectivity index (χ3v) is 3.24. The summed E-state index contributed by atoms with van der Waals surface area (Å²) in [6.07, 6.45) is 1.36. The molecule has 0 aliphatic heterocycles. The molecule has 0 saturated heterocycles. The van der Waals surface area contributed by atoms with E-state index in [9.17, 15) is 4.79 Å². The number of benzene rings is 1. The van der Waals surface area contributed by atoms with Crippen LogP contribution < -0.4 is 4.74 Å². The van der Waals surface area contributed by atoms with E-state index in [2.05, 4.69) is 10.1 Å². The average molecular weight is 311 g/mol. The molecule has 0 aliphatic rings. The Bertz CT molecular complexity index is 819.